The SMILES string of the molecule is CC1CC(C)C(C)N(c2cccc3c2NCCC3)C1. The van der Waals surface area contributed by atoms with Gasteiger partial charge in [-0.1, -0.05) is 26.0 Å². The first-order chi connectivity index (χ1) is 9.16. The molecule has 1 aromatic carbocycles. The van der Waals surface area contributed by atoms with E-state index in [4.69, 9.17) is 0 Å². The van der Waals surface area contributed by atoms with Crippen LogP contribution in [0.5, 0.6) is 0 Å². The van der Waals surface area contributed by atoms with Gasteiger partial charge in [-0.3, -0.25) is 0 Å². The highest BCUT2D eigenvalue weighted by Crippen LogP contribution is 2.38. The number of para-hydroxylation sites is 1. The Morgan fingerprint density at radius 2 is 2.05 bits per heavy atom. The van der Waals surface area contributed by atoms with E-state index in [0.29, 0.717) is 6.04 Å². The number of benzene rings is 1. The van der Waals surface area contributed by atoms with Gasteiger partial charge in [0.15, 0.2) is 0 Å². The predicted octanol–water partition coefficient (Wildman–Crippen LogP) is 3.92. The van der Waals surface area contributed by atoms with E-state index >= 15 is 0 Å². The molecule has 0 spiro atoms. The molecule has 1 saturated heterocycles. The lowest BCUT2D eigenvalue weighted by molar-refractivity contribution is 0.297. The number of rotatable bonds is 1. The van der Waals surface area contributed by atoms with Gasteiger partial charge in [0.1, 0.15) is 0 Å². The smallest absolute Gasteiger partial charge is 0.0610 e. The highest BCUT2D eigenvalue weighted by molar-refractivity contribution is 5.75. The molecule has 3 atom stereocenters. The van der Waals surface area contributed by atoms with Crippen LogP contribution in [-0.4, -0.2) is 19.1 Å². The molecule has 104 valence electrons. The van der Waals surface area contributed by atoms with Gasteiger partial charge in [-0.05, 0) is 49.7 Å². The molecule has 2 aliphatic heterocycles. The monoisotopic (exact) mass is 258 g/mol. The minimum Gasteiger partial charge on any atom is -0.383 e. The molecule has 1 N–H and O–H groups in total. The number of hydrogen-bond acceptors (Lipinski definition) is 2. The van der Waals surface area contributed by atoms with Gasteiger partial charge in [-0.25, -0.2) is 0 Å². The minimum atomic E-state index is 0.645. The van der Waals surface area contributed by atoms with Crippen molar-refractivity contribution < 1.29 is 0 Å². The number of piperidine rings is 1. The number of hydrogen-bond donors (Lipinski definition) is 1. The molecule has 0 aliphatic carbocycles. The van der Waals surface area contributed by atoms with Crippen LogP contribution in [0.25, 0.3) is 0 Å². The van der Waals surface area contributed by atoms with Gasteiger partial charge in [0.2, 0.25) is 0 Å². The Bertz CT molecular complexity index is 455. The first-order valence-electron chi connectivity index (χ1n) is 7.79. The largest absolute Gasteiger partial charge is 0.383 e. The second kappa shape index (κ2) is 5.07. The van der Waals surface area contributed by atoms with E-state index in [-0.39, 0.29) is 0 Å². The summed E-state index contributed by atoms with van der Waals surface area (Å²) in [7, 11) is 0. The molecule has 1 fully saturated rings. The number of nitrogens with zero attached hydrogens (tertiary/aromatic N) is 1. The maximum Gasteiger partial charge on any atom is 0.0610 e. The quantitative estimate of drug-likeness (QED) is 0.821. The lowest BCUT2D eigenvalue weighted by Crippen LogP contribution is -2.46. The van der Waals surface area contributed by atoms with Gasteiger partial charge >= 0.3 is 0 Å². The van der Waals surface area contributed by atoms with Crippen molar-refractivity contribution in [3.8, 4) is 0 Å². The average Bonchev–Trinajstić information content (AvgIpc) is 2.42. The van der Waals surface area contributed by atoms with Crippen LogP contribution in [0.1, 0.15) is 39.2 Å². The van der Waals surface area contributed by atoms with Gasteiger partial charge in [-0.15, -0.1) is 0 Å². The number of anilines is 2. The summed E-state index contributed by atoms with van der Waals surface area (Å²) in [6.45, 7) is 9.49. The van der Waals surface area contributed by atoms with E-state index in [0.717, 1.165) is 18.4 Å². The molecular weight excluding hydrogens is 232 g/mol. The third kappa shape index (κ3) is 2.33. The molecule has 2 heteroatoms. The summed E-state index contributed by atoms with van der Waals surface area (Å²) >= 11 is 0. The Morgan fingerprint density at radius 3 is 2.89 bits per heavy atom. The van der Waals surface area contributed by atoms with E-state index in [9.17, 15) is 0 Å². The standard InChI is InChI=1S/C17H26N2/c1-12-10-13(2)14(3)19(11-12)16-8-4-6-15-7-5-9-18-17(15)16/h4,6,8,12-14,18H,5,7,9-11H2,1-3H3. The maximum atomic E-state index is 3.64. The van der Waals surface area contributed by atoms with Crippen LogP contribution in [0.15, 0.2) is 18.2 Å². The third-order valence-electron chi connectivity index (χ3n) is 4.96. The van der Waals surface area contributed by atoms with Crippen molar-refractivity contribution >= 4 is 11.4 Å². The van der Waals surface area contributed by atoms with Crippen LogP contribution in [0, 0.1) is 11.8 Å². The van der Waals surface area contributed by atoms with Crippen molar-refractivity contribution in [2.45, 2.75) is 46.1 Å². The summed E-state index contributed by atoms with van der Waals surface area (Å²) in [6.07, 6.45) is 3.85. The first kappa shape index (κ1) is 12.8. The van der Waals surface area contributed by atoms with Crippen LogP contribution in [0.2, 0.25) is 0 Å². The van der Waals surface area contributed by atoms with Crippen molar-refractivity contribution in [3.63, 3.8) is 0 Å². The topological polar surface area (TPSA) is 15.3 Å². The van der Waals surface area contributed by atoms with Crippen LogP contribution in [0.4, 0.5) is 11.4 Å². The summed E-state index contributed by atoms with van der Waals surface area (Å²) in [4.78, 5) is 2.63. The molecule has 0 saturated carbocycles. The van der Waals surface area contributed by atoms with Crippen LogP contribution in [-0.2, 0) is 6.42 Å². The van der Waals surface area contributed by atoms with Gasteiger partial charge in [0.05, 0.1) is 11.4 Å². The second-order valence-corrected chi connectivity index (χ2v) is 6.55. The molecule has 19 heavy (non-hydrogen) atoms. The number of nitrogens with one attached hydrogen (secondary N) is 1. The summed E-state index contributed by atoms with van der Waals surface area (Å²) < 4.78 is 0. The number of aryl methyl sites for hydroxylation is 1. The highest BCUT2D eigenvalue weighted by Gasteiger charge is 2.30. The molecule has 3 rings (SSSR count). The maximum absolute atomic E-state index is 3.64. The molecular formula is C17H26N2. The molecule has 0 aromatic heterocycles. The van der Waals surface area contributed by atoms with Crippen LogP contribution in [0.3, 0.4) is 0 Å². The molecule has 0 amide bonds. The van der Waals surface area contributed by atoms with E-state index in [1.807, 2.05) is 0 Å². The molecule has 0 bridgehead atoms. The minimum absolute atomic E-state index is 0.645. The van der Waals surface area contributed by atoms with Gasteiger partial charge < -0.3 is 10.2 Å². The van der Waals surface area contributed by atoms with E-state index in [2.05, 4.69) is 49.2 Å². The highest BCUT2D eigenvalue weighted by atomic mass is 15.2. The predicted molar refractivity (Wildman–Crippen MR) is 83.0 cm³/mol. The van der Waals surface area contributed by atoms with E-state index in [1.54, 1.807) is 0 Å². The van der Waals surface area contributed by atoms with Gasteiger partial charge in [-0.2, -0.15) is 0 Å². The Hall–Kier alpha value is -1.18. The summed E-state index contributed by atoms with van der Waals surface area (Å²) in [5.41, 5.74) is 4.34. The third-order valence-corrected chi connectivity index (χ3v) is 4.96. The first-order valence-corrected chi connectivity index (χ1v) is 7.79. The number of fused-ring (bicyclic) bond motifs is 1. The van der Waals surface area contributed by atoms with Crippen LogP contribution < -0.4 is 10.2 Å². The second-order valence-electron chi connectivity index (χ2n) is 6.55. The van der Waals surface area contributed by atoms with Gasteiger partial charge in [0.25, 0.3) is 0 Å². The fourth-order valence-corrected chi connectivity index (χ4v) is 3.76. The Kier molecular flexibility index (Phi) is 3.42. The fourth-order valence-electron chi connectivity index (χ4n) is 3.76. The molecule has 2 nitrogen and oxygen atoms in total. The zero-order chi connectivity index (χ0) is 13.4. The normalized spacial score (nSPS) is 30.7. The Labute approximate surface area is 117 Å². The van der Waals surface area contributed by atoms with Crippen molar-refractivity contribution in [2.24, 2.45) is 11.8 Å². The molecule has 0 radical (unpaired) electrons. The lowest BCUT2D eigenvalue weighted by Gasteiger charge is -2.44. The van der Waals surface area contributed by atoms with Crippen molar-refractivity contribution in [2.75, 3.05) is 23.3 Å². The van der Waals surface area contributed by atoms with E-state index < -0.39 is 0 Å². The summed E-state index contributed by atoms with van der Waals surface area (Å²) in [5, 5.41) is 3.64. The zero-order valence-electron chi connectivity index (χ0n) is 12.4. The van der Waals surface area contributed by atoms with Crippen molar-refractivity contribution in [1.82, 2.24) is 0 Å². The molecule has 3 unspecified atom stereocenters. The van der Waals surface area contributed by atoms with Crippen molar-refractivity contribution in [1.29, 1.82) is 0 Å². The van der Waals surface area contributed by atoms with Gasteiger partial charge in [0, 0.05) is 19.1 Å². The zero-order valence-corrected chi connectivity index (χ0v) is 12.4. The Morgan fingerprint density at radius 1 is 1.21 bits per heavy atom. The van der Waals surface area contributed by atoms with E-state index in [1.165, 1.54) is 42.7 Å². The Balaban J connectivity index is 1.96. The molecule has 2 heterocycles. The molecule has 1 aromatic rings. The average molecular weight is 258 g/mol. The van der Waals surface area contributed by atoms with Crippen LogP contribution >= 0.6 is 0 Å². The fraction of sp³-hybridized carbons (Fsp3) is 0.647. The summed E-state index contributed by atoms with van der Waals surface area (Å²) in [6, 6.07) is 7.47. The lowest BCUT2D eigenvalue weighted by atomic mass is 9.85. The summed E-state index contributed by atoms with van der Waals surface area (Å²) in [5.74, 6) is 1.58. The van der Waals surface area contributed by atoms with Crippen molar-refractivity contribution in [3.05, 3.63) is 23.8 Å². The molecule has 2 aliphatic rings.